The molecule has 0 amide bonds. The summed E-state index contributed by atoms with van der Waals surface area (Å²) in [5, 5.41) is 6.17. The second kappa shape index (κ2) is 13.3. The normalized spacial score (nSPS) is 13.1. The Balaban J connectivity index is 1.05. The van der Waals surface area contributed by atoms with Gasteiger partial charge in [-0.15, -0.1) is 0 Å². The Morgan fingerprint density at radius 3 is 1.56 bits per heavy atom. The van der Waals surface area contributed by atoms with E-state index in [1.165, 1.54) is 54.9 Å². The lowest BCUT2D eigenvalue weighted by Gasteiger charge is -2.23. The lowest BCUT2D eigenvalue weighted by atomic mass is 9.81. The molecule has 0 bridgehead atoms. The van der Waals surface area contributed by atoms with Crippen LogP contribution >= 0.6 is 0 Å². The van der Waals surface area contributed by atoms with Crippen molar-refractivity contribution in [2.75, 3.05) is 0 Å². The summed E-state index contributed by atoms with van der Waals surface area (Å²) < 4.78 is 0. The quantitative estimate of drug-likeness (QED) is 0.125. The van der Waals surface area contributed by atoms with Crippen LogP contribution in [0, 0.1) is 0 Å². The van der Waals surface area contributed by atoms with Crippen molar-refractivity contribution >= 4 is 34.8 Å². The summed E-state index contributed by atoms with van der Waals surface area (Å²) in [6.07, 6.45) is 0. The first-order valence-corrected chi connectivity index (χ1v) is 23.4. The fraction of sp³-hybridized carbons (Fsp3) is 0.113. The van der Waals surface area contributed by atoms with E-state index in [2.05, 4.69) is 185 Å². The van der Waals surface area contributed by atoms with Crippen LogP contribution < -0.4 is 5.19 Å². The fourth-order valence-corrected chi connectivity index (χ4v) is 9.84. The predicted octanol–water partition coefficient (Wildman–Crippen LogP) is 13.4. The summed E-state index contributed by atoms with van der Waals surface area (Å²) in [6.45, 7) is 11.9. The molecule has 0 unspecified atom stereocenters. The zero-order chi connectivity index (χ0) is 38.9. The molecule has 0 spiro atoms. The number of hydrogen-bond acceptors (Lipinski definition) is 3. The maximum Gasteiger partial charge on any atom is 0.164 e. The predicted molar refractivity (Wildman–Crippen MR) is 243 cm³/mol. The Kier molecular flexibility index (Phi) is 8.17. The van der Waals surface area contributed by atoms with Crippen molar-refractivity contribution in [2.45, 2.75) is 38.9 Å². The summed E-state index contributed by atoms with van der Waals surface area (Å²) in [6, 6.07) is 61.5. The fourth-order valence-electron chi connectivity index (χ4n) is 8.68. The van der Waals surface area contributed by atoms with Crippen molar-refractivity contribution in [1.29, 1.82) is 0 Å². The minimum Gasteiger partial charge on any atom is -0.208 e. The zero-order valence-electron chi connectivity index (χ0n) is 33.0. The standard InChI is InChI=1S/C53H43N3Si/c1-53(2)48-32-37(34-22-26-41(27-23-34)57(3,4)5)24-28-45(48)46-29-25-38(33-49(46)53)36-17-13-18-40(30-36)51-54-50(35-14-7-6-8-15-35)55-52(56-51)47-31-39-16-9-10-19-42(39)43-20-11-12-21-44(43)47/h6-33H,1-5H3. The SMILES string of the molecule is CC1(C)c2cc(-c3ccc([Si](C)(C)C)cc3)ccc2-c2ccc(-c3cccc(-c4nc(-c5ccccc5)nc(-c5cc6ccccc6c6ccccc56)n4)c3)cc21. The Labute approximate surface area is 335 Å². The first-order valence-electron chi connectivity index (χ1n) is 19.9. The monoisotopic (exact) mass is 749 g/mol. The van der Waals surface area contributed by atoms with Crippen LogP contribution in [0.25, 0.3) is 89.1 Å². The van der Waals surface area contributed by atoms with Crippen LogP contribution in [0.2, 0.25) is 19.6 Å². The maximum atomic E-state index is 5.23. The van der Waals surface area contributed by atoms with E-state index in [1.54, 1.807) is 0 Å². The molecule has 0 aliphatic heterocycles. The number of rotatable bonds is 6. The topological polar surface area (TPSA) is 38.7 Å². The molecule has 0 saturated carbocycles. The zero-order valence-corrected chi connectivity index (χ0v) is 34.0. The highest BCUT2D eigenvalue weighted by molar-refractivity contribution is 6.88. The maximum absolute atomic E-state index is 5.23. The smallest absolute Gasteiger partial charge is 0.164 e. The highest BCUT2D eigenvalue weighted by Crippen LogP contribution is 2.50. The van der Waals surface area contributed by atoms with E-state index in [0.29, 0.717) is 17.5 Å². The third-order valence-electron chi connectivity index (χ3n) is 11.9. The van der Waals surface area contributed by atoms with Crippen LogP contribution in [0.4, 0.5) is 0 Å². The van der Waals surface area contributed by atoms with Crippen LogP contribution in [0.1, 0.15) is 25.0 Å². The van der Waals surface area contributed by atoms with Crippen LogP contribution in [0.5, 0.6) is 0 Å². The minimum absolute atomic E-state index is 0.150. The molecule has 1 aromatic heterocycles. The highest BCUT2D eigenvalue weighted by Gasteiger charge is 2.36. The van der Waals surface area contributed by atoms with E-state index in [0.717, 1.165) is 33.0 Å². The van der Waals surface area contributed by atoms with Gasteiger partial charge >= 0.3 is 0 Å². The molecule has 0 atom stereocenters. The van der Waals surface area contributed by atoms with Crippen LogP contribution in [0.3, 0.4) is 0 Å². The molecule has 0 N–H and O–H groups in total. The van der Waals surface area contributed by atoms with Gasteiger partial charge in [0.1, 0.15) is 0 Å². The largest absolute Gasteiger partial charge is 0.208 e. The van der Waals surface area contributed by atoms with Gasteiger partial charge in [0.05, 0.1) is 8.07 Å². The average molecular weight is 750 g/mol. The van der Waals surface area contributed by atoms with E-state index >= 15 is 0 Å². The molecule has 57 heavy (non-hydrogen) atoms. The molecule has 0 saturated heterocycles. The summed E-state index contributed by atoms with van der Waals surface area (Å²) in [5.41, 5.74) is 13.0. The van der Waals surface area contributed by atoms with Gasteiger partial charge in [-0.1, -0.05) is 184 Å². The summed E-state index contributed by atoms with van der Waals surface area (Å²) in [5.74, 6) is 1.97. The van der Waals surface area contributed by atoms with E-state index in [9.17, 15) is 0 Å². The first-order chi connectivity index (χ1) is 27.6. The van der Waals surface area contributed by atoms with Crippen LogP contribution in [-0.2, 0) is 5.41 Å². The number of hydrogen-bond donors (Lipinski definition) is 0. The van der Waals surface area contributed by atoms with Crippen molar-refractivity contribution in [3.05, 3.63) is 181 Å². The molecule has 0 radical (unpaired) electrons. The van der Waals surface area contributed by atoms with Crippen LogP contribution in [0.15, 0.2) is 170 Å². The van der Waals surface area contributed by atoms with Gasteiger partial charge in [-0.05, 0) is 90.3 Å². The van der Waals surface area contributed by atoms with E-state index in [1.807, 2.05) is 18.2 Å². The molecular formula is C53H43N3Si. The van der Waals surface area contributed by atoms with Crippen molar-refractivity contribution < 1.29 is 0 Å². The molecule has 8 aromatic carbocycles. The summed E-state index contributed by atoms with van der Waals surface area (Å²) in [7, 11) is -1.36. The van der Waals surface area contributed by atoms with Gasteiger partial charge in [0.2, 0.25) is 0 Å². The van der Waals surface area contributed by atoms with Crippen molar-refractivity contribution in [1.82, 2.24) is 15.0 Å². The molecule has 1 aliphatic carbocycles. The molecule has 4 heteroatoms. The molecule has 3 nitrogen and oxygen atoms in total. The Hall–Kier alpha value is -6.49. The Morgan fingerprint density at radius 2 is 0.877 bits per heavy atom. The van der Waals surface area contributed by atoms with E-state index in [4.69, 9.17) is 15.0 Å². The van der Waals surface area contributed by atoms with Crippen molar-refractivity contribution in [3.8, 4) is 67.5 Å². The van der Waals surface area contributed by atoms with Gasteiger partial charge in [0, 0.05) is 22.1 Å². The third kappa shape index (κ3) is 6.08. The lowest BCUT2D eigenvalue weighted by Crippen LogP contribution is -2.37. The average Bonchev–Trinajstić information content (AvgIpc) is 3.48. The van der Waals surface area contributed by atoms with Gasteiger partial charge in [-0.2, -0.15) is 0 Å². The Morgan fingerprint density at radius 1 is 0.368 bits per heavy atom. The Bertz CT molecular complexity index is 3010. The van der Waals surface area contributed by atoms with E-state index in [-0.39, 0.29) is 5.41 Å². The molecule has 1 heterocycles. The first kappa shape index (κ1) is 35.0. The van der Waals surface area contributed by atoms with Crippen molar-refractivity contribution in [3.63, 3.8) is 0 Å². The van der Waals surface area contributed by atoms with Gasteiger partial charge in [0.25, 0.3) is 0 Å². The van der Waals surface area contributed by atoms with E-state index < -0.39 is 8.07 Å². The number of aromatic nitrogens is 3. The molecular weight excluding hydrogens is 707 g/mol. The lowest BCUT2D eigenvalue weighted by molar-refractivity contribution is 0.661. The number of nitrogens with zero attached hydrogens (tertiary/aromatic N) is 3. The van der Waals surface area contributed by atoms with Crippen molar-refractivity contribution in [2.24, 2.45) is 0 Å². The van der Waals surface area contributed by atoms with Crippen LogP contribution in [-0.4, -0.2) is 23.0 Å². The summed E-state index contributed by atoms with van der Waals surface area (Å²) >= 11 is 0. The van der Waals surface area contributed by atoms with Gasteiger partial charge in [-0.25, -0.2) is 15.0 Å². The van der Waals surface area contributed by atoms with Gasteiger partial charge in [-0.3, -0.25) is 0 Å². The minimum atomic E-state index is -1.36. The molecule has 0 fully saturated rings. The molecule has 9 aromatic rings. The molecule has 10 rings (SSSR count). The molecule has 1 aliphatic rings. The highest BCUT2D eigenvalue weighted by atomic mass is 28.3. The third-order valence-corrected chi connectivity index (χ3v) is 14.0. The number of benzene rings is 8. The number of fused-ring (bicyclic) bond motifs is 6. The van der Waals surface area contributed by atoms with Gasteiger partial charge < -0.3 is 0 Å². The second-order valence-corrected chi connectivity index (χ2v) is 22.0. The summed E-state index contributed by atoms with van der Waals surface area (Å²) in [4.78, 5) is 15.5. The molecule has 274 valence electrons. The van der Waals surface area contributed by atoms with Gasteiger partial charge in [0.15, 0.2) is 17.5 Å². The second-order valence-electron chi connectivity index (χ2n) is 16.9.